The first-order valence-electron chi connectivity index (χ1n) is 45.1. The average molecular weight is 2230 g/mol. The van der Waals surface area contributed by atoms with Crippen molar-refractivity contribution in [3.05, 3.63) is 464 Å². The Bertz CT molecular complexity index is 6240. The fraction of sp³-hybridized carbons (Fsp3) is 0.211. The zero-order chi connectivity index (χ0) is 91.9. The number of imidazole rings is 6. The first-order chi connectivity index (χ1) is 63.4. The Balaban J connectivity index is 0.000000145. The molecule has 680 valence electrons. The minimum absolute atomic E-state index is 0. The number of hydrogen-bond acceptors (Lipinski definition) is 12. The van der Waals surface area contributed by atoms with E-state index in [-0.39, 0.29) is 84.6 Å². The molecule has 24 bridgehead atoms. The number of aromatic nitrogens is 12. The molecule has 6 aromatic heterocycles. The molecule has 0 aliphatic carbocycles. The second-order valence-corrected chi connectivity index (χ2v) is 39.0. The molecule has 21 heteroatoms. The zero-order valence-electron chi connectivity index (χ0n) is 77.7. The number of hydrogen-bond donors (Lipinski definition) is 4. The molecule has 3 aliphatic rings. The zero-order valence-corrected chi connectivity index (χ0v) is 86.9. The van der Waals surface area contributed by atoms with Crippen LogP contribution in [0, 0.1) is 0 Å². The van der Waals surface area contributed by atoms with Crippen LogP contribution in [-0.2, 0) is 158 Å². The molecule has 0 radical (unpaired) electrons. The summed E-state index contributed by atoms with van der Waals surface area (Å²) in [7, 11) is 0. The first kappa shape index (κ1) is 95.7. The molecule has 18 aromatic rings. The molecule has 0 amide bonds. The van der Waals surface area contributed by atoms with Crippen molar-refractivity contribution in [1.29, 1.82) is 0 Å². The molecule has 0 fully saturated rings. The van der Waals surface area contributed by atoms with Gasteiger partial charge in [0.2, 0.25) is 0 Å². The van der Waals surface area contributed by atoms with E-state index < -0.39 is 32.5 Å². The Morgan fingerprint density at radius 2 is 0.363 bits per heavy atom. The van der Waals surface area contributed by atoms with Gasteiger partial charge in [-0.25, -0.2) is 29.9 Å². The third-order valence-corrected chi connectivity index (χ3v) is 28.5. The van der Waals surface area contributed by atoms with E-state index in [1.54, 1.807) is 0 Å². The summed E-state index contributed by atoms with van der Waals surface area (Å²) in [5.74, 6) is 6.16. The molecule has 3 aliphatic heterocycles. The summed E-state index contributed by atoms with van der Waals surface area (Å²) in [4.78, 5) is 33.1. The molecule has 0 atom stereocenters. The number of benzene rings is 12. The Labute approximate surface area is 842 Å². The monoisotopic (exact) mass is 2220 g/mol. The maximum atomic E-state index is 11.8. The van der Waals surface area contributed by atoms with Crippen LogP contribution < -0.4 is 0 Å². The van der Waals surface area contributed by atoms with Crippen molar-refractivity contribution in [2.24, 2.45) is 0 Å². The van der Waals surface area contributed by atoms with Crippen LogP contribution in [0.4, 0.5) is 0 Å². The molecule has 0 unspecified atom stereocenters. The van der Waals surface area contributed by atoms with Gasteiger partial charge in [0.15, 0.2) is 0 Å². The largest absolute Gasteiger partial charge is 2.00 e. The predicted octanol–water partition coefficient (Wildman–Crippen LogP) is 23.2. The Morgan fingerprint density at radius 1 is 0.215 bits per heavy atom. The average Bonchev–Trinajstić information content (AvgIpc) is 1.61. The van der Waals surface area contributed by atoms with Crippen LogP contribution >= 0.6 is 0 Å². The van der Waals surface area contributed by atoms with Crippen molar-refractivity contribution in [3.8, 4) is 57.1 Å². The van der Waals surface area contributed by atoms with E-state index in [1.807, 2.05) is 158 Å². The summed E-state index contributed by atoms with van der Waals surface area (Å²) in [5, 5.41) is 47.3. The summed E-state index contributed by atoms with van der Waals surface area (Å²) in [6.45, 7) is 25.7. The van der Waals surface area contributed by atoms with Crippen molar-refractivity contribution in [2.45, 2.75) is 164 Å². The molecule has 0 spiro atoms. The maximum absolute atomic E-state index is 11.8. The molecule has 0 saturated heterocycles. The standard InChI is InChI=1S/2C38H36N4O2.C38H36N4S2.2Pt.Zn/c3*1-37(2)29-19-11-13-25(35(29)43)21-34-40-32(24-42(34)28-17-9-6-10-18-28)38(3,4)30-20-12-14-26(36(30)44)22-33-39-31(37)23-41(33)27-15-7-5-8-16-27;;;/h3*5-20,23-24,43-44H,21-22H2,1-4H3;;;/q;;;;+2;/p-2. The van der Waals surface area contributed by atoms with Crippen LogP contribution in [0.5, 0.6) is 23.0 Å². The van der Waals surface area contributed by atoms with Crippen LogP contribution in [-0.4, -0.2) is 77.7 Å². The van der Waals surface area contributed by atoms with Gasteiger partial charge < -0.3 is 73.1 Å². The summed E-state index contributed by atoms with van der Waals surface area (Å²) < 4.78 is 12.8. The number of aromatic hydroxyl groups is 4. The van der Waals surface area contributed by atoms with E-state index in [0.717, 1.165) is 180 Å². The number of para-hydroxylation sites is 10. The van der Waals surface area contributed by atoms with Crippen molar-refractivity contribution in [1.82, 2.24) is 57.3 Å². The van der Waals surface area contributed by atoms with Crippen LogP contribution in [0.15, 0.2) is 338 Å². The second kappa shape index (κ2) is 38.0. The third-order valence-electron chi connectivity index (χ3n) is 27.5. The SMILES string of the molecule is CC1(C)c2cn(-c3ccccc3)c(n2)Cc2cccc(c2O)C(C)(C)c2cn(-c3ccccc3)c(n2)Cc2cccc1c2O.CC1(C)c2cn(-c3ccccc3)c(n2)Cc2cccc(c2O)C(C)(C)c2cn(-c3ccccc3)c(n2)Cc2cccc1c2O.CC1(C)c2cn(-c3ccccc3)c(n2)Cc2cccc(c2[S-])C(C)(C)c2cn(-c3ccccc3)c(n2)Cc2cccc1c2[S-].[Pt+2].[Pt].[Zn]. The van der Waals surface area contributed by atoms with Gasteiger partial charge >= 0.3 is 21.1 Å². The van der Waals surface area contributed by atoms with Gasteiger partial charge in [-0.15, -0.1) is 0 Å². The number of phenolic OH excluding ortho intramolecular Hbond substituents is 4. The fourth-order valence-corrected chi connectivity index (χ4v) is 20.1. The third kappa shape index (κ3) is 17.9. The molecule has 0 saturated carbocycles. The van der Waals surface area contributed by atoms with Gasteiger partial charge in [-0.05, 0) is 128 Å². The van der Waals surface area contributed by atoms with Crippen molar-refractivity contribution in [3.63, 3.8) is 0 Å². The molecule has 135 heavy (non-hydrogen) atoms. The number of fused-ring (bicyclic) bond motifs is 24. The second-order valence-electron chi connectivity index (χ2n) is 38.1. The van der Waals surface area contributed by atoms with Gasteiger partial charge in [-0.3, -0.25) is 0 Å². The van der Waals surface area contributed by atoms with E-state index in [0.29, 0.717) is 38.5 Å². The molecule has 12 aromatic carbocycles. The predicted molar refractivity (Wildman–Crippen MR) is 528 cm³/mol. The summed E-state index contributed by atoms with van der Waals surface area (Å²) in [6.07, 6.45) is 15.5. The van der Waals surface area contributed by atoms with Gasteiger partial charge in [0.25, 0.3) is 0 Å². The molecule has 4 N–H and O–H groups in total. The van der Waals surface area contributed by atoms with Crippen molar-refractivity contribution < 1.29 is 82.0 Å². The quantitative estimate of drug-likeness (QED) is 0.0913. The van der Waals surface area contributed by atoms with Gasteiger partial charge in [0, 0.05) is 227 Å². The fourth-order valence-electron chi connectivity index (χ4n) is 19.2. The van der Waals surface area contributed by atoms with Gasteiger partial charge in [0.05, 0.1) is 34.2 Å². The maximum Gasteiger partial charge on any atom is 2.00 e. The Morgan fingerprint density at radius 3 is 0.541 bits per heavy atom. The minimum atomic E-state index is -0.613. The smallest absolute Gasteiger partial charge is 0.779 e. The van der Waals surface area contributed by atoms with Crippen molar-refractivity contribution in [2.75, 3.05) is 0 Å². The van der Waals surface area contributed by atoms with Crippen LogP contribution in [0.25, 0.3) is 34.1 Å². The Kier molecular flexibility index (Phi) is 26.9. The topological polar surface area (TPSA) is 188 Å². The van der Waals surface area contributed by atoms with Gasteiger partial charge in [-0.1, -0.05) is 268 Å². The molecular weight excluding hydrogens is 2120 g/mol. The summed E-state index contributed by atoms with van der Waals surface area (Å²) >= 11 is 12.5. The number of rotatable bonds is 6. The molecule has 16 nitrogen and oxygen atoms in total. The summed E-state index contributed by atoms with van der Waals surface area (Å²) in [5.41, 5.74) is 18.8. The van der Waals surface area contributed by atoms with Gasteiger partial charge in [-0.2, -0.15) is 9.79 Å². The van der Waals surface area contributed by atoms with Crippen LogP contribution in [0.2, 0.25) is 0 Å². The molecular formula is C114H106N12O4Pt2S2Zn. The number of phenols is 4. The first-order valence-corrected chi connectivity index (χ1v) is 45.9. The van der Waals surface area contributed by atoms with Gasteiger partial charge in [0.1, 0.15) is 57.9 Å². The van der Waals surface area contributed by atoms with E-state index in [1.165, 1.54) is 0 Å². The molecule has 9 heterocycles. The van der Waals surface area contributed by atoms with E-state index in [2.05, 4.69) is 281 Å². The van der Waals surface area contributed by atoms with Crippen molar-refractivity contribution >= 4 is 25.3 Å². The van der Waals surface area contributed by atoms with E-state index in [4.69, 9.17) is 55.2 Å². The van der Waals surface area contributed by atoms with Crippen LogP contribution in [0.3, 0.4) is 0 Å². The summed E-state index contributed by atoms with van der Waals surface area (Å²) in [6, 6.07) is 98.0. The number of nitrogens with zero attached hydrogens (tertiary/aromatic N) is 12. The molecule has 21 rings (SSSR count). The minimum Gasteiger partial charge on any atom is -0.779 e. The van der Waals surface area contributed by atoms with E-state index >= 15 is 0 Å². The normalized spacial score (nSPS) is 14.8. The van der Waals surface area contributed by atoms with Crippen LogP contribution in [0.1, 0.15) is 219 Å². The Hall–Kier alpha value is -12.5. The van der Waals surface area contributed by atoms with E-state index in [9.17, 15) is 20.4 Å².